The molecular formula is C12H18BrNO3. The van der Waals surface area contributed by atoms with Crippen molar-refractivity contribution in [2.75, 3.05) is 14.1 Å². The minimum absolute atomic E-state index is 0. The van der Waals surface area contributed by atoms with Crippen LogP contribution in [0, 0.1) is 0 Å². The summed E-state index contributed by atoms with van der Waals surface area (Å²) in [6.45, 7) is 3.61. The lowest BCUT2D eigenvalue weighted by atomic mass is 9.92. The first-order chi connectivity index (χ1) is 7.26. The smallest absolute Gasteiger partial charge is 0.182 e. The summed E-state index contributed by atoms with van der Waals surface area (Å²) in [5.41, 5.74) is -0.266. The van der Waals surface area contributed by atoms with Crippen molar-refractivity contribution in [3.05, 3.63) is 23.8 Å². The first-order valence-electron chi connectivity index (χ1n) is 5.01. The van der Waals surface area contributed by atoms with E-state index in [0.29, 0.717) is 5.56 Å². The number of hydrogen-bond acceptors (Lipinski definition) is 4. The summed E-state index contributed by atoms with van der Waals surface area (Å²) in [6.07, 6.45) is 0. The summed E-state index contributed by atoms with van der Waals surface area (Å²) in [4.78, 5) is 13.9. The van der Waals surface area contributed by atoms with Gasteiger partial charge in [0.15, 0.2) is 17.3 Å². The number of rotatable bonds is 3. The van der Waals surface area contributed by atoms with Gasteiger partial charge < -0.3 is 10.2 Å². The van der Waals surface area contributed by atoms with E-state index < -0.39 is 5.54 Å². The third-order valence-electron chi connectivity index (χ3n) is 2.91. The molecule has 0 bridgehead atoms. The Hall–Kier alpha value is -1.07. The van der Waals surface area contributed by atoms with Gasteiger partial charge in [0, 0.05) is 5.56 Å². The fourth-order valence-electron chi connectivity index (χ4n) is 1.22. The van der Waals surface area contributed by atoms with Crippen LogP contribution < -0.4 is 0 Å². The third-order valence-corrected chi connectivity index (χ3v) is 2.91. The van der Waals surface area contributed by atoms with E-state index in [1.807, 2.05) is 14.1 Å². The zero-order valence-corrected chi connectivity index (χ0v) is 12.1. The SMILES string of the molecule is Br.CN(C)C(C)(C)C(=O)c1ccc(O)c(O)c1. The molecular weight excluding hydrogens is 286 g/mol. The molecule has 1 aromatic carbocycles. The van der Waals surface area contributed by atoms with Gasteiger partial charge in [-0.1, -0.05) is 0 Å². The van der Waals surface area contributed by atoms with E-state index in [0.717, 1.165) is 0 Å². The summed E-state index contributed by atoms with van der Waals surface area (Å²) in [6, 6.07) is 4.10. The number of phenols is 2. The lowest BCUT2D eigenvalue weighted by molar-refractivity contribution is 0.0755. The van der Waals surface area contributed by atoms with Crippen molar-refractivity contribution in [3.8, 4) is 11.5 Å². The Morgan fingerprint density at radius 2 is 1.71 bits per heavy atom. The van der Waals surface area contributed by atoms with Crippen LogP contribution in [0.5, 0.6) is 11.5 Å². The van der Waals surface area contributed by atoms with Gasteiger partial charge in [-0.2, -0.15) is 0 Å². The molecule has 1 rings (SSSR count). The van der Waals surface area contributed by atoms with E-state index in [-0.39, 0.29) is 34.3 Å². The third kappa shape index (κ3) is 3.20. The predicted octanol–water partition coefficient (Wildman–Crippen LogP) is 2.20. The maximum Gasteiger partial charge on any atom is 0.182 e. The van der Waals surface area contributed by atoms with Gasteiger partial charge in [-0.3, -0.25) is 9.69 Å². The minimum atomic E-state index is -0.649. The van der Waals surface area contributed by atoms with Crippen molar-refractivity contribution in [1.82, 2.24) is 4.90 Å². The fourth-order valence-corrected chi connectivity index (χ4v) is 1.22. The largest absolute Gasteiger partial charge is 0.504 e. The van der Waals surface area contributed by atoms with Crippen molar-refractivity contribution in [3.63, 3.8) is 0 Å². The average Bonchev–Trinajstić information content (AvgIpc) is 2.20. The molecule has 0 spiro atoms. The first kappa shape index (κ1) is 15.9. The molecule has 0 heterocycles. The van der Waals surface area contributed by atoms with Crippen LogP contribution in [0.1, 0.15) is 24.2 Å². The van der Waals surface area contributed by atoms with E-state index in [1.165, 1.54) is 18.2 Å². The average molecular weight is 304 g/mol. The van der Waals surface area contributed by atoms with E-state index in [4.69, 9.17) is 5.11 Å². The molecule has 0 saturated carbocycles. The number of nitrogens with zero attached hydrogens (tertiary/aromatic N) is 1. The van der Waals surface area contributed by atoms with Crippen LogP contribution >= 0.6 is 17.0 Å². The van der Waals surface area contributed by atoms with Crippen LogP contribution in [-0.4, -0.2) is 40.5 Å². The Morgan fingerprint density at radius 3 is 2.12 bits per heavy atom. The second kappa shape index (κ2) is 5.51. The number of likely N-dealkylation sites (N-methyl/N-ethyl adjacent to an activating group) is 1. The molecule has 1 aromatic rings. The molecule has 0 aliphatic rings. The highest BCUT2D eigenvalue weighted by molar-refractivity contribution is 8.93. The van der Waals surface area contributed by atoms with Gasteiger partial charge >= 0.3 is 0 Å². The standard InChI is InChI=1S/C12H17NO3.BrH/c1-12(2,13(3)4)11(16)8-5-6-9(14)10(15)7-8;/h5-7,14-15H,1-4H3;1H. The molecule has 5 heteroatoms. The molecule has 17 heavy (non-hydrogen) atoms. The second-order valence-electron chi connectivity index (χ2n) is 4.49. The van der Waals surface area contributed by atoms with Gasteiger partial charge in [-0.15, -0.1) is 17.0 Å². The predicted molar refractivity (Wildman–Crippen MR) is 72.2 cm³/mol. The molecule has 0 fully saturated rings. The molecule has 0 aromatic heterocycles. The van der Waals surface area contributed by atoms with E-state index in [2.05, 4.69) is 0 Å². The molecule has 0 radical (unpaired) electrons. The lowest BCUT2D eigenvalue weighted by Crippen LogP contribution is -2.45. The number of carbonyl (C=O) groups excluding carboxylic acids is 1. The van der Waals surface area contributed by atoms with Gasteiger partial charge in [0.2, 0.25) is 0 Å². The van der Waals surface area contributed by atoms with Crippen LogP contribution in [0.4, 0.5) is 0 Å². The number of Topliss-reactive ketones (excluding diaryl/α,β-unsaturated/α-hetero) is 1. The van der Waals surface area contributed by atoms with E-state index in [1.54, 1.807) is 18.7 Å². The molecule has 0 amide bonds. The van der Waals surface area contributed by atoms with Gasteiger partial charge in [0.1, 0.15) is 0 Å². The molecule has 0 aliphatic carbocycles. The van der Waals surface area contributed by atoms with Crippen molar-refractivity contribution in [1.29, 1.82) is 0 Å². The van der Waals surface area contributed by atoms with Gasteiger partial charge in [0.25, 0.3) is 0 Å². The number of ketones is 1. The number of benzene rings is 1. The highest BCUT2D eigenvalue weighted by Crippen LogP contribution is 2.27. The van der Waals surface area contributed by atoms with Crippen molar-refractivity contribution >= 4 is 22.8 Å². The number of aromatic hydroxyl groups is 2. The lowest BCUT2D eigenvalue weighted by Gasteiger charge is -2.30. The highest BCUT2D eigenvalue weighted by Gasteiger charge is 2.31. The Morgan fingerprint density at radius 1 is 1.18 bits per heavy atom. The summed E-state index contributed by atoms with van der Waals surface area (Å²) in [5, 5.41) is 18.5. The maximum absolute atomic E-state index is 12.1. The van der Waals surface area contributed by atoms with Crippen LogP contribution in [0.2, 0.25) is 0 Å². The van der Waals surface area contributed by atoms with Crippen molar-refractivity contribution in [2.45, 2.75) is 19.4 Å². The fraction of sp³-hybridized carbons (Fsp3) is 0.417. The summed E-state index contributed by atoms with van der Waals surface area (Å²) < 4.78 is 0. The first-order valence-corrected chi connectivity index (χ1v) is 5.01. The monoisotopic (exact) mass is 303 g/mol. The molecule has 96 valence electrons. The van der Waals surface area contributed by atoms with E-state index >= 15 is 0 Å². The Kier molecular flexibility index (Phi) is 5.16. The Labute approximate surface area is 112 Å². The maximum atomic E-state index is 12.1. The van der Waals surface area contributed by atoms with Crippen LogP contribution in [0.15, 0.2) is 18.2 Å². The second-order valence-corrected chi connectivity index (χ2v) is 4.49. The molecule has 2 N–H and O–H groups in total. The molecule has 0 atom stereocenters. The number of halogens is 1. The Bertz CT molecular complexity index is 416. The molecule has 4 nitrogen and oxygen atoms in total. The van der Waals surface area contributed by atoms with Gasteiger partial charge in [-0.05, 0) is 46.1 Å². The molecule has 0 unspecified atom stereocenters. The van der Waals surface area contributed by atoms with Crippen molar-refractivity contribution < 1.29 is 15.0 Å². The van der Waals surface area contributed by atoms with Gasteiger partial charge in [0.05, 0.1) is 5.54 Å². The molecule has 0 saturated heterocycles. The van der Waals surface area contributed by atoms with Crippen LogP contribution in [0.25, 0.3) is 0 Å². The summed E-state index contributed by atoms with van der Waals surface area (Å²) in [7, 11) is 3.64. The van der Waals surface area contributed by atoms with Crippen molar-refractivity contribution in [2.24, 2.45) is 0 Å². The number of phenolic OH excluding ortho intramolecular Hbond substituents is 2. The number of carbonyl (C=O) groups is 1. The van der Waals surface area contributed by atoms with E-state index in [9.17, 15) is 9.90 Å². The summed E-state index contributed by atoms with van der Waals surface area (Å²) in [5.74, 6) is -0.604. The minimum Gasteiger partial charge on any atom is -0.504 e. The summed E-state index contributed by atoms with van der Waals surface area (Å²) >= 11 is 0. The Balaban J connectivity index is 0.00000256. The zero-order valence-electron chi connectivity index (χ0n) is 10.4. The highest BCUT2D eigenvalue weighted by atomic mass is 79.9. The topological polar surface area (TPSA) is 60.8 Å². The number of hydrogen-bond donors (Lipinski definition) is 2. The van der Waals surface area contributed by atoms with Crippen LogP contribution in [0.3, 0.4) is 0 Å². The van der Waals surface area contributed by atoms with Crippen LogP contribution in [-0.2, 0) is 0 Å². The quantitative estimate of drug-likeness (QED) is 0.664. The molecule has 0 aliphatic heterocycles. The van der Waals surface area contributed by atoms with Gasteiger partial charge in [-0.25, -0.2) is 0 Å². The zero-order chi connectivity index (χ0) is 12.5. The normalized spacial score (nSPS) is 11.1.